The molecule has 3 N–H and O–H groups in total. The predicted molar refractivity (Wildman–Crippen MR) is 317 cm³/mol. The predicted octanol–water partition coefficient (Wildman–Crippen LogP) is 20.6. The van der Waals surface area contributed by atoms with Gasteiger partial charge in [0.2, 0.25) is 0 Å². The van der Waals surface area contributed by atoms with Crippen molar-refractivity contribution in [2.75, 3.05) is 26.4 Å². The molecule has 0 spiro atoms. The van der Waals surface area contributed by atoms with Gasteiger partial charge in [0.15, 0.2) is 6.10 Å². The number of phosphoric ester groups is 1. The van der Waals surface area contributed by atoms with E-state index in [0.29, 0.717) is 6.42 Å². The van der Waals surface area contributed by atoms with E-state index in [2.05, 4.69) is 38.2 Å². The maximum atomic E-state index is 12.7. The van der Waals surface area contributed by atoms with Gasteiger partial charge in [0.05, 0.1) is 13.2 Å². The molecule has 74 heavy (non-hydrogen) atoms. The lowest BCUT2D eigenvalue weighted by molar-refractivity contribution is -0.161. The SMILES string of the molecule is CCCCCCC/C=C\C/C=C\CCCCCCCCCCCCCCCCCCCCCCCCCCCC(=O)OC(COC(=O)CCCCCCCCCCCCCCCCCC)COP(=O)(O)OCCN. The van der Waals surface area contributed by atoms with E-state index in [9.17, 15) is 19.0 Å². The van der Waals surface area contributed by atoms with Crippen LogP contribution in [0, 0.1) is 0 Å². The summed E-state index contributed by atoms with van der Waals surface area (Å²) in [6.45, 7) is 3.80. The minimum Gasteiger partial charge on any atom is -0.462 e. The highest BCUT2D eigenvalue weighted by molar-refractivity contribution is 7.47. The number of allylic oxidation sites excluding steroid dienone is 4. The van der Waals surface area contributed by atoms with Crippen LogP contribution in [0.4, 0.5) is 0 Å². The summed E-state index contributed by atoms with van der Waals surface area (Å²) < 4.78 is 33.1. The second-order valence-corrected chi connectivity index (χ2v) is 23.4. The topological polar surface area (TPSA) is 134 Å². The number of phosphoric acid groups is 1. The van der Waals surface area contributed by atoms with Crippen molar-refractivity contribution >= 4 is 19.8 Å². The van der Waals surface area contributed by atoms with Crippen LogP contribution in [0.5, 0.6) is 0 Å². The van der Waals surface area contributed by atoms with E-state index in [1.165, 1.54) is 270 Å². The number of esters is 2. The summed E-state index contributed by atoms with van der Waals surface area (Å²) >= 11 is 0. The van der Waals surface area contributed by atoms with Gasteiger partial charge in [0, 0.05) is 19.4 Å². The smallest absolute Gasteiger partial charge is 0.462 e. The Kier molecular flexibility index (Phi) is 59.5. The molecule has 10 heteroatoms. The van der Waals surface area contributed by atoms with Crippen molar-refractivity contribution in [3.63, 3.8) is 0 Å². The Balaban J connectivity index is 3.76. The second kappa shape index (κ2) is 60.7. The van der Waals surface area contributed by atoms with Gasteiger partial charge in [-0.1, -0.05) is 308 Å². The van der Waals surface area contributed by atoms with E-state index >= 15 is 0 Å². The normalized spacial score (nSPS) is 13.1. The van der Waals surface area contributed by atoms with Gasteiger partial charge in [-0.25, -0.2) is 4.57 Å². The quantitative estimate of drug-likeness (QED) is 0.0264. The van der Waals surface area contributed by atoms with Crippen LogP contribution >= 0.6 is 7.82 Å². The first-order chi connectivity index (χ1) is 36.3. The summed E-state index contributed by atoms with van der Waals surface area (Å²) in [6, 6.07) is 0. The van der Waals surface area contributed by atoms with Gasteiger partial charge >= 0.3 is 19.8 Å². The van der Waals surface area contributed by atoms with Gasteiger partial charge in [-0.05, 0) is 44.9 Å². The average Bonchev–Trinajstić information content (AvgIpc) is 3.39. The van der Waals surface area contributed by atoms with Gasteiger partial charge in [-0.15, -0.1) is 0 Å². The van der Waals surface area contributed by atoms with Gasteiger partial charge in [0.25, 0.3) is 0 Å². The van der Waals surface area contributed by atoms with Crippen LogP contribution in [0.1, 0.15) is 341 Å². The molecule has 9 nitrogen and oxygen atoms in total. The molecule has 0 aromatic carbocycles. The maximum Gasteiger partial charge on any atom is 0.472 e. The van der Waals surface area contributed by atoms with Crippen molar-refractivity contribution in [2.24, 2.45) is 5.73 Å². The summed E-state index contributed by atoms with van der Waals surface area (Å²) in [5.74, 6) is -0.805. The molecule has 2 unspecified atom stereocenters. The molecule has 2 atom stereocenters. The van der Waals surface area contributed by atoms with Crippen molar-refractivity contribution in [2.45, 2.75) is 347 Å². The summed E-state index contributed by atoms with van der Waals surface area (Å²) in [6.07, 6.45) is 72.7. The molecule has 0 amide bonds. The Hall–Kier alpha value is -1.51. The molecular formula is C64H124NO8P. The van der Waals surface area contributed by atoms with Crippen molar-refractivity contribution < 1.29 is 37.6 Å². The lowest BCUT2D eigenvalue weighted by Crippen LogP contribution is -2.29. The minimum atomic E-state index is -4.38. The van der Waals surface area contributed by atoms with E-state index in [-0.39, 0.29) is 38.6 Å². The zero-order valence-electron chi connectivity index (χ0n) is 49.1. The second-order valence-electron chi connectivity index (χ2n) is 22.0. The minimum absolute atomic E-state index is 0.0573. The van der Waals surface area contributed by atoms with E-state index in [0.717, 1.165) is 38.5 Å². The van der Waals surface area contributed by atoms with E-state index in [4.69, 9.17) is 24.3 Å². The molecule has 0 aromatic rings. The van der Waals surface area contributed by atoms with Gasteiger partial charge < -0.3 is 20.1 Å². The molecule has 0 aromatic heterocycles. The summed E-state index contributed by atoms with van der Waals surface area (Å²) in [5, 5.41) is 0. The highest BCUT2D eigenvalue weighted by Gasteiger charge is 2.26. The van der Waals surface area contributed by atoms with Crippen molar-refractivity contribution in [3.05, 3.63) is 24.3 Å². The van der Waals surface area contributed by atoms with Crippen LogP contribution in [0.3, 0.4) is 0 Å². The van der Waals surface area contributed by atoms with Crippen LogP contribution in [0.25, 0.3) is 0 Å². The average molecular weight is 1070 g/mol. The Labute approximate surface area is 459 Å². The summed E-state index contributed by atoms with van der Waals surface area (Å²) in [7, 11) is -4.38. The number of unbranched alkanes of at least 4 members (excludes halogenated alkanes) is 45. The summed E-state index contributed by atoms with van der Waals surface area (Å²) in [5.41, 5.74) is 5.39. The lowest BCUT2D eigenvalue weighted by Gasteiger charge is -2.19. The largest absolute Gasteiger partial charge is 0.472 e. The van der Waals surface area contributed by atoms with Crippen molar-refractivity contribution in [1.82, 2.24) is 0 Å². The highest BCUT2D eigenvalue weighted by atomic mass is 31.2. The van der Waals surface area contributed by atoms with Crippen LogP contribution in [-0.2, 0) is 32.7 Å². The van der Waals surface area contributed by atoms with E-state index in [1.54, 1.807) is 0 Å². The molecule has 0 bridgehead atoms. The van der Waals surface area contributed by atoms with Crippen molar-refractivity contribution in [1.29, 1.82) is 0 Å². The number of rotatable bonds is 62. The molecular weight excluding hydrogens is 942 g/mol. The molecule has 438 valence electrons. The maximum absolute atomic E-state index is 12.7. The Bertz CT molecular complexity index is 1260. The fourth-order valence-corrected chi connectivity index (χ4v) is 10.6. The number of ether oxygens (including phenoxy) is 2. The lowest BCUT2D eigenvalue weighted by atomic mass is 10.0. The zero-order valence-corrected chi connectivity index (χ0v) is 50.0. The number of carbonyl (C=O) groups excluding carboxylic acids is 2. The molecule has 0 rings (SSSR count). The first-order valence-corrected chi connectivity index (χ1v) is 33.8. The fraction of sp³-hybridized carbons (Fsp3) is 0.906. The number of carbonyl (C=O) groups is 2. The van der Waals surface area contributed by atoms with Crippen LogP contribution in [0.2, 0.25) is 0 Å². The molecule has 0 aliphatic rings. The van der Waals surface area contributed by atoms with Gasteiger partial charge in [-0.3, -0.25) is 18.6 Å². The Morgan fingerprint density at radius 1 is 0.405 bits per heavy atom. The molecule has 0 radical (unpaired) electrons. The molecule has 0 heterocycles. The summed E-state index contributed by atoms with van der Waals surface area (Å²) in [4.78, 5) is 35.2. The van der Waals surface area contributed by atoms with Crippen LogP contribution < -0.4 is 5.73 Å². The monoisotopic (exact) mass is 1070 g/mol. The number of hydrogen-bond acceptors (Lipinski definition) is 8. The van der Waals surface area contributed by atoms with Crippen LogP contribution in [0.15, 0.2) is 24.3 Å². The number of hydrogen-bond donors (Lipinski definition) is 2. The van der Waals surface area contributed by atoms with Crippen molar-refractivity contribution in [3.8, 4) is 0 Å². The molecule has 0 aliphatic carbocycles. The molecule has 0 aliphatic heterocycles. The molecule has 0 saturated carbocycles. The first-order valence-electron chi connectivity index (χ1n) is 32.3. The van der Waals surface area contributed by atoms with Gasteiger partial charge in [-0.2, -0.15) is 0 Å². The van der Waals surface area contributed by atoms with E-state index in [1.807, 2.05) is 0 Å². The fourth-order valence-electron chi connectivity index (χ4n) is 9.79. The van der Waals surface area contributed by atoms with Gasteiger partial charge in [0.1, 0.15) is 6.61 Å². The molecule has 0 saturated heterocycles. The third kappa shape index (κ3) is 59.7. The Morgan fingerprint density at radius 3 is 1.03 bits per heavy atom. The highest BCUT2D eigenvalue weighted by Crippen LogP contribution is 2.43. The van der Waals surface area contributed by atoms with Crippen LogP contribution in [-0.4, -0.2) is 49.3 Å². The standard InChI is InChI=1S/C64H124NO8P/c1-3-5-7-9-11-13-15-17-19-21-22-23-24-25-26-27-28-29-30-31-32-33-34-35-36-37-38-39-40-41-43-45-47-49-51-53-55-57-64(67)73-62(61-72-74(68,69)71-59-58-65)60-70-63(66)56-54-52-50-48-46-44-42-20-18-16-14-12-10-8-6-4-2/h15,17,21-22,62H,3-14,16,18-20,23-61,65H2,1-2H3,(H,68,69)/b17-15-,22-21-. The molecule has 0 fully saturated rings. The third-order valence-electron chi connectivity index (χ3n) is 14.6. The van der Waals surface area contributed by atoms with E-state index < -0.39 is 26.5 Å². The Morgan fingerprint density at radius 2 is 0.703 bits per heavy atom. The number of nitrogens with two attached hydrogens (primary N) is 1. The first kappa shape index (κ1) is 72.5. The third-order valence-corrected chi connectivity index (χ3v) is 15.6. The zero-order chi connectivity index (χ0) is 53.8.